The van der Waals surface area contributed by atoms with Crippen LogP contribution < -0.4 is 5.73 Å². The Bertz CT molecular complexity index is 1710. The summed E-state index contributed by atoms with van der Waals surface area (Å²) in [6, 6.07) is 12.2. The molecule has 1 saturated carbocycles. The summed E-state index contributed by atoms with van der Waals surface area (Å²) in [6.07, 6.45) is 1.08. The zero-order chi connectivity index (χ0) is 32.5. The van der Waals surface area contributed by atoms with E-state index in [0.717, 1.165) is 59.7 Å². The van der Waals surface area contributed by atoms with E-state index in [4.69, 9.17) is 5.73 Å². The fraction of sp³-hybridized carbons (Fsp3) is 0.432. The summed E-state index contributed by atoms with van der Waals surface area (Å²) in [5.41, 5.74) is 11.7. The number of fused-ring (bicyclic) bond motifs is 3. The molecule has 0 radical (unpaired) electrons. The molecule has 0 bridgehead atoms. The number of rotatable bonds is 5. The highest BCUT2D eigenvalue weighted by molar-refractivity contribution is 6.31. The van der Waals surface area contributed by atoms with Gasteiger partial charge < -0.3 is 25.5 Å². The quantitative estimate of drug-likeness (QED) is 0.387. The van der Waals surface area contributed by atoms with Crippen LogP contribution in [0, 0.1) is 24.2 Å². The molecule has 4 aliphatic rings. The molecular weight excluding hydrogens is 564 g/mol. The average Bonchev–Trinajstić information content (AvgIpc) is 2.99. The molecule has 2 fully saturated rings. The number of benzene rings is 2. The van der Waals surface area contributed by atoms with Gasteiger partial charge in [0.05, 0.1) is 11.0 Å². The van der Waals surface area contributed by atoms with Crippen LogP contribution in [0.5, 0.6) is 0 Å². The van der Waals surface area contributed by atoms with Crippen molar-refractivity contribution in [3.05, 3.63) is 82.0 Å². The number of aliphatic hydroxyl groups is 1. The van der Waals surface area contributed by atoms with Crippen LogP contribution in [0.3, 0.4) is 0 Å². The number of carbonyl (C=O) groups is 3. The number of carbonyl (C=O) groups excluding carboxylic acids is 3. The number of allylic oxidation sites excluding steroid dienone is 1. The van der Waals surface area contributed by atoms with Crippen LogP contribution in [-0.4, -0.2) is 90.6 Å². The minimum atomic E-state index is -1.50. The second-order valence-corrected chi connectivity index (χ2v) is 13.8. The number of piperazine rings is 1. The van der Waals surface area contributed by atoms with E-state index < -0.39 is 22.9 Å². The van der Waals surface area contributed by atoms with Gasteiger partial charge in [-0.15, -0.1) is 0 Å². The molecule has 2 unspecified atom stereocenters. The summed E-state index contributed by atoms with van der Waals surface area (Å²) >= 11 is 0. The third kappa shape index (κ3) is 4.69. The highest BCUT2D eigenvalue weighted by Crippen LogP contribution is 2.56. The number of likely N-dealkylation sites (N-methyl/N-ethyl adjacent to an activating group) is 2. The molecular formula is C37H44N4O4. The molecule has 1 amide bonds. The number of aliphatic hydroxyl groups excluding tert-OH is 1. The van der Waals surface area contributed by atoms with Crippen LogP contribution in [0.4, 0.5) is 0 Å². The first kappa shape index (κ1) is 31.0. The summed E-state index contributed by atoms with van der Waals surface area (Å²) in [4.78, 5) is 47.6. The number of hydrogen-bond acceptors (Lipinski definition) is 7. The molecule has 1 heterocycles. The highest BCUT2D eigenvalue weighted by atomic mass is 16.3. The van der Waals surface area contributed by atoms with Gasteiger partial charge >= 0.3 is 0 Å². The van der Waals surface area contributed by atoms with Crippen LogP contribution in [-0.2, 0) is 20.8 Å². The standard InChI is InChI=1S/C37H44N4O4/c1-20-11-12-26(24-10-8-9-23(17-24)22(3)41-15-13-40(7)14-16-41)27-18-25-19-28-32(39(5)6)21(2)30(36(38)45)34(43)37(28,4)35(44)31(25)33(42)29(20)27/h8-12,17,25,28,32,42H,3,13-16,18-19H2,1-2,4-7H3,(H2,38,45)/t25?,28-,32?,37-/m0/s1. The molecule has 3 aliphatic carbocycles. The van der Waals surface area contributed by atoms with Crippen molar-refractivity contribution in [2.45, 2.75) is 39.7 Å². The zero-order valence-corrected chi connectivity index (χ0v) is 27.2. The molecule has 2 aromatic carbocycles. The number of ketones is 2. The van der Waals surface area contributed by atoms with Crippen LogP contribution in [0.2, 0.25) is 0 Å². The lowest BCUT2D eigenvalue weighted by molar-refractivity contribution is -0.145. The molecule has 45 heavy (non-hydrogen) atoms. The summed E-state index contributed by atoms with van der Waals surface area (Å²) in [6.45, 7) is 13.7. The van der Waals surface area contributed by atoms with Gasteiger partial charge in [-0.3, -0.25) is 14.4 Å². The lowest BCUT2D eigenvalue weighted by atomic mass is 9.51. The van der Waals surface area contributed by atoms with Crippen LogP contribution in [0.25, 0.3) is 22.6 Å². The van der Waals surface area contributed by atoms with Crippen molar-refractivity contribution in [3.63, 3.8) is 0 Å². The van der Waals surface area contributed by atoms with E-state index in [1.807, 2.05) is 32.0 Å². The predicted octanol–water partition coefficient (Wildman–Crippen LogP) is 4.23. The number of hydrogen-bond donors (Lipinski definition) is 2. The first-order valence-electron chi connectivity index (χ1n) is 15.8. The Labute approximate surface area is 265 Å². The monoisotopic (exact) mass is 608 g/mol. The molecule has 2 aromatic rings. The van der Waals surface area contributed by atoms with Gasteiger partial charge in [0.1, 0.15) is 5.76 Å². The Morgan fingerprint density at radius 1 is 1.07 bits per heavy atom. The van der Waals surface area contributed by atoms with Crippen molar-refractivity contribution in [3.8, 4) is 11.1 Å². The van der Waals surface area contributed by atoms with Gasteiger partial charge in [0.25, 0.3) is 5.91 Å². The molecule has 1 saturated heterocycles. The summed E-state index contributed by atoms with van der Waals surface area (Å²) < 4.78 is 0. The van der Waals surface area contributed by atoms with Crippen molar-refractivity contribution in [2.24, 2.45) is 23.0 Å². The van der Waals surface area contributed by atoms with E-state index in [9.17, 15) is 19.5 Å². The Balaban J connectivity index is 1.44. The molecule has 6 rings (SSSR count). The van der Waals surface area contributed by atoms with E-state index in [0.29, 0.717) is 29.6 Å². The van der Waals surface area contributed by atoms with Crippen LogP contribution in [0.15, 0.2) is 59.7 Å². The van der Waals surface area contributed by atoms with E-state index in [2.05, 4.69) is 53.8 Å². The molecule has 8 nitrogen and oxygen atoms in total. The number of aryl methyl sites for hydroxylation is 1. The van der Waals surface area contributed by atoms with Crippen molar-refractivity contribution in [2.75, 3.05) is 47.3 Å². The fourth-order valence-electron chi connectivity index (χ4n) is 8.52. The van der Waals surface area contributed by atoms with Crippen molar-refractivity contribution < 1.29 is 19.5 Å². The normalized spacial score (nSPS) is 27.0. The molecule has 4 atom stereocenters. The van der Waals surface area contributed by atoms with Gasteiger partial charge in [-0.25, -0.2) is 0 Å². The van der Waals surface area contributed by atoms with E-state index in [1.165, 1.54) is 0 Å². The first-order chi connectivity index (χ1) is 21.3. The lowest BCUT2D eigenvalue weighted by Crippen LogP contribution is -2.61. The van der Waals surface area contributed by atoms with Gasteiger partial charge in [-0.2, -0.15) is 0 Å². The SMILES string of the molecule is C=C(c1cccc(-c2ccc(C)c3c2CC2C[C@H]4C(N(C)C)C(C)=C(C(N)=O)C(=O)[C@@]4(C)C(=O)C2=C3O)c1)N1CCN(C)CC1. The maximum atomic E-state index is 14.5. The Kier molecular flexibility index (Phi) is 7.65. The van der Waals surface area contributed by atoms with Crippen molar-refractivity contribution in [1.82, 2.24) is 14.7 Å². The van der Waals surface area contributed by atoms with Crippen molar-refractivity contribution >= 4 is 28.9 Å². The Morgan fingerprint density at radius 3 is 2.40 bits per heavy atom. The van der Waals surface area contributed by atoms with Gasteiger partial charge in [0.15, 0.2) is 11.6 Å². The van der Waals surface area contributed by atoms with Crippen LogP contribution >= 0.6 is 0 Å². The number of nitrogens with zero attached hydrogens (tertiary/aromatic N) is 3. The van der Waals surface area contributed by atoms with Gasteiger partial charge in [-0.05, 0) is 106 Å². The molecule has 0 spiro atoms. The van der Waals surface area contributed by atoms with E-state index in [-0.39, 0.29) is 29.2 Å². The fourth-order valence-corrected chi connectivity index (χ4v) is 8.52. The number of primary amides is 1. The van der Waals surface area contributed by atoms with E-state index >= 15 is 0 Å². The largest absolute Gasteiger partial charge is 0.507 e. The summed E-state index contributed by atoms with van der Waals surface area (Å²) in [5.74, 6) is -2.45. The number of nitrogens with two attached hydrogens (primary N) is 1. The smallest absolute Gasteiger partial charge is 0.252 e. The summed E-state index contributed by atoms with van der Waals surface area (Å²) in [7, 11) is 5.94. The Morgan fingerprint density at radius 2 is 1.76 bits per heavy atom. The second kappa shape index (κ2) is 11.1. The topological polar surface area (TPSA) is 107 Å². The number of Topliss-reactive ketones (excluding diaryl/α,β-unsaturated/α-hetero) is 2. The first-order valence-corrected chi connectivity index (χ1v) is 15.8. The highest BCUT2D eigenvalue weighted by Gasteiger charge is 2.62. The summed E-state index contributed by atoms with van der Waals surface area (Å²) in [5, 5.41) is 11.9. The predicted molar refractivity (Wildman–Crippen MR) is 177 cm³/mol. The van der Waals surface area contributed by atoms with Gasteiger partial charge in [0, 0.05) is 49.1 Å². The molecule has 236 valence electrons. The lowest BCUT2D eigenvalue weighted by Gasteiger charge is -2.52. The van der Waals surface area contributed by atoms with Gasteiger partial charge in [0.2, 0.25) is 0 Å². The maximum absolute atomic E-state index is 14.5. The third-order valence-electron chi connectivity index (χ3n) is 11.0. The minimum Gasteiger partial charge on any atom is -0.507 e. The van der Waals surface area contributed by atoms with Crippen molar-refractivity contribution in [1.29, 1.82) is 0 Å². The Hall–Kier alpha value is -4.01. The van der Waals surface area contributed by atoms with E-state index in [1.54, 1.807) is 13.8 Å². The third-order valence-corrected chi connectivity index (χ3v) is 11.0. The second-order valence-electron chi connectivity index (χ2n) is 13.8. The minimum absolute atomic E-state index is 0.0515. The zero-order valence-electron chi connectivity index (χ0n) is 27.2. The molecule has 1 aliphatic heterocycles. The molecule has 8 heteroatoms. The van der Waals surface area contributed by atoms with Crippen LogP contribution in [0.1, 0.15) is 42.5 Å². The average molecular weight is 609 g/mol. The maximum Gasteiger partial charge on any atom is 0.252 e. The molecule has 0 aromatic heterocycles. The van der Waals surface area contributed by atoms with Gasteiger partial charge in [-0.1, -0.05) is 36.9 Å². The number of amides is 1. The molecule has 3 N–H and O–H groups in total.